The first-order valence-corrected chi connectivity index (χ1v) is 11.2. The average Bonchev–Trinajstić information content (AvgIpc) is 2.85. The number of aromatic nitrogens is 2. The van der Waals surface area contributed by atoms with E-state index in [2.05, 4.69) is 15.3 Å². The Balaban J connectivity index is 0.00000158. The van der Waals surface area contributed by atoms with Gasteiger partial charge < -0.3 is 20.5 Å². The molecule has 3 aromatic rings. The zero-order valence-electron chi connectivity index (χ0n) is 19.5. The number of ether oxygens (including phenoxy) is 2. The Kier molecular flexibility index (Phi) is 7.90. The topological polar surface area (TPSA) is 106 Å². The molecule has 0 radical (unpaired) electrons. The van der Waals surface area contributed by atoms with Gasteiger partial charge in [0.25, 0.3) is 0 Å². The Morgan fingerprint density at radius 1 is 1.09 bits per heavy atom. The van der Waals surface area contributed by atoms with E-state index in [4.69, 9.17) is 38.4 Å². The fourth-order valence-electron chi connectivity index (χ4n) is 3.39. The second-order valence-electron chi connectivity index (χ2n) is 6.94. The van der Waals surface area contributed by atoms with Gasteiger partial charge in [-0.1, -0.05) is 49.2 Å². The van der Waals surface area contributed by atoms with Crippen molar-refractivity contribution in [1.82, 2.24) is 9.97 Å². The minimum atomic E-state index is -0.375. The second-order valence-corrected chi connectivity index (χ2v) is 7.70. The second kappa shape index (κ2) is 10.7. The number of carbonyl (C=O) groups excluding carboxylic acids is 1. The monoisotopic (exact) mass is 504 g/mol. The van der Waals surface area contributed by atoms with Gasteiger partial charge in [-0.15, -0.1) is 0 Å². The number of rotatable bonds is 5. The molecule has 4 rings (SSSR count). The van der Waals surface area contributed by atoms with Crippen LogP contribution in [0.4, 0.5) is 33.6 Å². The first-order valence-electron chi connectivity index (χ1n) is 10.5. The number of nitrogens with one attached hydrogen (secondary N) is 1. The number of carbonyl (C=O) groups is 1. The number of amides is 2. The maximum atomic E-state index is 13.3. The fraction of sp³-hybridized carbons (Fsp3) is 0.261. The molecule has 180 valence electrons. The number of hydrogen-bond donors (Lipinski definition) is 2. The number of urea groups is 1. The van der Waals surface area contributed by atoms with Gasteiger partial charge in [0.2, 0.25) is 5.95 Å². The summed E-state index contributed by atoms with van der Waals surface area (Å²) in [7, 11) is 4.56. The van der Waals surface area contributed by atoms with Crippen LogP contribution in [0.3, 0.4) is 0 Å². The van der Waals surface area contributed by atoms with E-state index in [1.807, 2.05) is 32.0 Å². The highest BCUT2D eigenvalue weighted by atomic mass is 35.5. The summed E-state index contributed by atoms with van der Waals surface area (Å²) in [5, 5.41) is 3.47. The molecule has 0 atom stereocenters. The van der Waals surface area contributed by atoms with Gasteiger partial charge in [0.15, 0.2) is 0 Å². The fourth-order valence-corrected chi connectivity index (χ4v) is 4.09. The molecule has 0 saturated heterocycles. The van der Waals surface area contributed by atoms with Crippen molar-refractivity contribution in [3.8, 4) is 11.5 Å². The molecular formula is C23H26Cl2N6O3. The SMILES string of the molecule is CC.COc1cc(OC)c(Cl)c(N2Cc3cnc(Nc4ccccc4N)nc3N(C)C2=O)c1Cl. The molecule has 0 fully saturated rings. The predicted octanol–water partition coefficient (Wildman–Crippen LogP) is 5.73. The molecule has 2 amide bonds. The van der Waals surface area contributed by atoms with Crippen molar-refractivity contribution >= 4 is 58.1 Å². The summed E-state index contributed by atoms with van der Waals surface area (Å²) >= 11 is 13.0. The molecule has 0 spiro atoms. The van der Waals surface area contributed by atoms with Crippen LogP contribution >= 0.6 is 23.2 Å². The van der Waals surface area contributed by atoms with Crippen LogP contribution in [-0.4, -0.2) is 37.3 Å². The largest absolute Gasteiger partial charge is 0.495 e. The van der Waals surface area contributed by atoms with Crippen LogP contribution in [0.5, 0.6) is 11.5 Å². The van der Waals surface area contributed by atoms with Crippen LogP contribution in [0.2, 0.25) is 10.0 Å². The summed E-state index contributed by atoms with van der Waals surface area (Å²) in [5.41, 5.74) is 8.19. The van der Waals surface area contributed by atoms with Gasteiger partial charge in [0.05, 0.1) is 37.8 Å². The molecule has 0 aliphatic carbocycles. The summed E-state index contributed by atoms with van der Waals surface area (Å²) in [6.07, 6.45) is 1.64. The molecular weight excluding hydrogens is 479 g/mol. The number of nitrogens with two attached hydrogens (primary N) is 1. The van der Waals surface area contributed by atoms with Gasteiger partial charge in [-0.25, -0.2) is 9.78 Å². The van der Waals surface area contributed by atoms with Gasteiger partial charge in [0, 0.05) is 24.9 Å². The van der Waals surface area contributed by atoms with E-state index < -0.39 is 0 Å². The number of benzene rings is 2. The van der Waals surface area contributed by atoms with E-state index in [-0.39, 0.29) is 28.3 Å². The summed E-state index contributed by atoms with van der Waals surface area (Å²) in [6, 6.07) is 8.45. The quantitative estimate of drug-likeness (QED) is 0.427. The lowest BCUT2D eigenvalue weighted by atomic mass is 10.2. The molecule has 34 heavy (non-hydrogen) atoms. The molecule has 0 saturated carbocycles. The van der Waals surface area contributed by atoms with Crippen molar-refractivity contribution < 1.29 is 14.3 Å². The van der Waals surface area contributed by atoms with Crippen LogP contribution < -0.4 is 30.3 Å². The zero-order valence-corrected chi connectivity index (χ0v) is 21.0. The van der Waals surface area contributed by atoms with Crippen LogP contribution in [0.15, 0.2) is 36.5 Å². The van der Waals surface area contributed by atoms with E-state index in [0.717, 1.165) is 0 Å². The van der Waals surface area contributed by atoms with Gasteiger partial charge in [-0.2, -0.15) is 4.98 Å². The maximum absolute atomic E-state index is 13.3. The molecule has 3 N–H and O–H groups in total. The molecule has 0 unspecified atom stereocenters. The predicted molar refractivity (Wildman–Crippen MR) is 137 cm³/mol. The van der Waals surface area contributed by atoms with E-state index in [1.165, 1.54) is 24.0 Å². The lowest BCUT2D eigenvalue weighted by Crippen LogP contribution is -2.46. The Morgan fingerprint density at radius 2 is 1.71 bits per heavy atom. The van der Waals surface area contributed by atoms with Gasteiger partial charge in [-0.05, 0) is 12.1 Å². The Labute approximate surface area is 208 Å². The van der Waals surface area contributed by atoms with E-state index >= 15 is 0 Å². The lowest BCUT2D eigenvalue weighted by molar-refractivity contribution is 0.251. The van der Waals surface area contributed by atoms with Crippen molar-refractivity contribution in [2.24, 2.45) is 0 Å². The summed E-state index contributed by atoms with van der Waals surface area (Å²) < 4.78 is 10.6. The first kappa shape index (κ1) is 25.2. The number of hydrogen-bond acceptors (Lipinski definition) is 7. The van der Waals surface area contributed by atoms with Crippen LogP contribution in [0.25, 0.3) is 0 Å². The summed E-state index contributed by atoms with van der Waals surface area (Å²) in [5.74, 6) is 1.44. The number of methoxy groups -OCH3 is 2. The van der Waals surface area contributed by atoms with Crippen molar-refractivity contribution in [2.75, 3.05) is 42.1 Å². The minimum Gasteiger partial charge on any atom is -0.495 e. The molecule has 0 bridgehead atoms. The number of nitrogens with zero attached hydrogens (tertiary/aromatic N) is 4. The van der Waals surface area contributed by atoms with E-state index in [1.54, 1.807) is 25.4 Å². The highest BCUT2D eigenvalue weighted by molar-refractivity contribution is 6.42. The molecule has 2 aromatic carbocycles. The first-order chi connectivity index (χ1) is 16.3. The summed E-state index contributed by atoms with van der Waals surface area (Å²) in [4.78, 5) is 25.0. The summed E-state index contributed by atoms with van der Waals surface area (Å²) in [6.45, 7) is 4.15. The Bertz CT molecular complexity index is 1180. The van der Waals surface area contributed by atoms with E-state index in [9.17, 15) is 4.79 Å². The van der Waals surface area contributed by atoms with Crippen LogP contribution in [-0.2, 0) is 6.54 Å². The van der Waals surface area contributed by atoms with Crippen molar-refractivity contribution in [1.29, 1.82) is 0 Å². The number of para-hydroxylation sites is 2. The Morgan fingerprint density at radius 3 is 2.29 bits per heavy atom. The van der Waals surface area contributed by atoms with E-state index in [0.29, 0.717) is 40.2 Å². The van der Waals surface area contributed by atoms with Crippen molar-refractivity contribution in [2.45, 2.75) is 20.4 Å². The number of fused-ring (bicyclic) bond motifs is 1. The number of anilines is 5. The standard InChI is InChI=1S/C21H20Cl2N6O3.C2H6/c1-28-19-11(9-25-20(27-19)26-13-7-5-4-6-12(13)24)10-29(21(28)30)18-16(22)14(31-2)8-15(32-3)17(18)23;1-2/h4-9H,10,24H2,1-3H3,(H,25,26,27);1-2H3. The molecule has 1 aliphatic heterocycles. The normalized spacial score (nSPS) is 12.5. The van der Waals surface area contributed by atoms with Crippen LogP contribution in [0, 0.1) is 0 Å². The van der Waals surface area contributed by atoms with Crippen molar-refractivity contribution in [3.05, 3.63) is 52.1 Å². The molecule has 2 heterocycles. The molecule has 9 nitrogen and oxygen atoms in total. The third kappa shape index (κ3) is 4.62. The number of nitrogen functional groups attached to an aromatic ring is 1. The Hall–Kier alpha value is -3.43. The van der Waals surface area contributed by atoms with Gasteiger partial charge >= 0.3 is 6.03 Å². The third-order valence-corrected chi connectivity index (χ3v) is 5.76. The maximum Gasteiger partial charge on any atom is 0.330 e. The smallest absolute Gasteiger partial charge is 0.330 e. The molecule has 1 aromatic heterocycles. The third-order valence-electron chi connectivity index (χ3n) is 5.03. The zero-order chi connectivity index (χ0) is 25.0. The van der Waals surface area contributed by atoms with Crippen LogP contribution in [0.1, 0.15) is 19.4 Å². The van der Waals surface area contributed by atoms with Gasteiger partial charge in [-0.3, -0.25) is 9.80 Å². The molecule has 1 aliphatic rings. The molecule has 11 heteroatoms. The van der Waals surface area contributed by atoms with Crippen molar-refractivity contribution in [3.63, 3.8) is 0 Å². The minimum absolute atomic E-state index is 0.155. The highest BCUT2D eigenvalue weighted by Crippen LogP contribution is 2.47. The lowest BCUT2D eigenvalue weighted by Gasteiger charge is -2.35. The number of halogens is 2. The highest BCUT2D eigenvalue weighted by Gasteiger charge is 2.34. The average molecular weight is 505 g/mol. The van der Waals surface area contributed by atoms with Gasteiger partial charge in [0.1, 0.15) is 27.4 Å².